The highest BCUT2D eigenvalue weighted by atomic mass is 16.2. The molecule has 0 fully saturated rings. The molecule has 1 aromatic carbocycles. The zero-order chi connectivity index (χ0) is 14.3. The monoisotopic (exact) mass is 263 g/mol. The molecule has 0 aromatic heterocycles. The summed E-state index contributed by atoms with van der Waals surface area (Å²) in [5, 5.41) is 0. The summed E-state index contributed by atoms with van der Waals surface area (Å²) in [4.78, 5) is 13.8. The molecule has 4 nitrogen and oxygen atoms in total. The minimum atomic E-state index is -0.154. The first-order chi connectivity index (χ1) is 9.08. The number of hydrogen-bond acceptors (Lipinski definition) is 3. The van der Waals surface area contributed by atoms with Gasteiger partial charge in [0.2, 0.25) is 5.91 Å². The van der Waals surface area contributed by atoms with Crippen LogP contribution >= 0.6 is 0 Å². The summed E-state index contributed by atoms with van der Waals surface area (Å²) >= 11 is 0. The lowest BCUT2D eigenvalue weighted by atomic mass is 10.0. The van der Waals surface area contributed by atoms with Crippen LogP contribution in [0.3, 0.4) is 0 Å². The first-order valence-corrected chi connectivity index (χ1v) is 6.88. The third-order valence-corrected chi connectivity index (χ3v) is 3.24. The van der Waals surface area contributed by atoms with Crippen molar-refractivity contribution in [1.82, 2.24) is 10.3 Å². The summed E-state index contributed by atoms with van der Waals surface area (Å²) in [6.45, 7) is 8.52. The van der Waals surface area contributed by atoms with E-state index < -0.39 is 0 Å². The van der Waals surface area contributed by atoms with Gasteiger partial charge in [0.05, 0.1) is 6.42 Å². The summed E-state index contributed by atoms with van der Waals surface area (Å²) in [7, 11) is 0. The lowest BCUT2D eigenvalue weighted by molar-refractivity contribution is -0.120. The molecule has 0 spiro atoms. The summed E-state index contributed by atoms with van der Waals surface area (Å²) in [6, 6.07) is 8.56. The van der Waals surface area contributed by atoms with E-state index in [1.807, 2.05) is 18.2 Å². The maximum atomic E-state index is 11.4. The van der Waals surface area contributed by atoms with Crippen molar-refractivity contribution in [2.45, 2.75) is 46.2 Å². The predicted molar refractivity (Wildman–Crippen MR) is 78.3 cm³/mol. The van der Waals surface area contributed by atoms with E-state index in [9.17, 15) is 4.79 Å². The van der Waals surface area contributed by atoms with Crippen molar-refractivity contribution in [3.63, 3.8) is 0 Å². The van der Waals surface area contributed by atoms with E-state index in [4.69, 9.17) is 5.84 Å². The number of nitrogens with two attached hydrogens (primary N) is 1. The number of carbonyl (C=O) groups is 1. The van der Waals surface area contributed by atoms with E-state index in [1.54, 1.807) is 0 Å². The van der Waals surface area contributed by atoms with E-state index in [0.29, 0.717) is 12.5 Å². The minimum Gasteiger partial charge on any atom is -0.297 e. The van der Waals surface area contributed by atoms with E-state index in [-0.39, 0.29) is 5.91 Å². The molecule has 0 radical (unpaired) electrons. The lowest BCUT2D eigenvalue weighted by Crippen LogP contribution is -2.33. The number of hydrogen-bond donors (Lipinski definition) is 2. The average Bonchev–Trinajstić information content (AvgIpc) is 2.40. The van der Waals surface area contributed by atoms with Gasteiger partial charge in [-0.05, 0) is 37.9 Å². The maximum Gasteiger partial charge on any atom is 0.238 e. The van der Waals surface area contributed by atoms with Gasteiger partial charge in [-0.25, -0.2) is 5.84 Å². The molecule has 1 aromatic rings. The highest BCUT2D eigenvalue weighted by molar-refractivity contribution is 5.78. The Balaban J connectivity index is 2.84. The Hall–Kier alpha value is -1.39. The zero-order valence-electron chi connectivity index (χ0n) is 12.1. The Morgan fingerprint density at radius 2 is 1.95 bits per heavy atom. The Kier molecular flexibility index (Phi) is 6.53. The van der Waals surface area contributed by atoms with Crippen LogP contribution in [0.25, 0.3) is 0 Å². The van der Waals surface area contributed by atoms with Crippen molar-refractivity contribution in [2.75, 3.05) is 6.54 Å². The number of benzene rings is 1. The number of rotatable bonds is 7. The first kappa shape index (κ1) is 15.7. The van der Waals surface area contributed by atoms with Gasteiger partial charge >= 0.3 is 0 Å². The molecule has 0 saturated heterocycles. The van der Waals surface area contributed by atoms with E-state index in [2.05, 4.69) is 37.2 Å². The third-order valence-electron chi connectivity index (χ3n) is 3.24. The van der Waals surface area contributed by atoms with Crippen molar-refractivity contribution in [2.24, 2.45) is 5.84 Å². The van der Waals surface area contributed by atoms with Crippen molar-refractivity contribution in [3.8, 4) is 0 Å². The van der Waals surface area contributed by atoms with Gasteiger partial charge in [0, 0.05) is 12.6 Å². The summed E-state index contributed by atoms with van der Waals surface area (Å²) in [6.07, 6.45) is 1.47. The Labute approximate surface area is 115 Å². The highest BCUT2D eigenvalue weighted by Crippen LogP contribution is 2.14. The summed E-state index contributed by atoms with van der Waals surface area (Å²) in [5.74, 6) is 5.00. The molecule has 0 aliphatic carbocycles. The quantitative estimate of drug-likeness (QED) is 0.448. The molecule has 0 saturated carbocycles. The van der Waals surface area contributed by atoms with Crippen LogP contribution in [0.2, 0.25) is 0 Å². The molecule has 3 N–H and O–H groups in total. The van der Waals surface area contributed by atoms with Crippen LogP contribution in [0.15, 0.2) is 24.3 Å². The van der Waals surface area contributed by atoms with E-state index >= 15 is 0 Å². The van der Waals surface area contributed by atoms with Crippen molar-refractivity contribution in [1.29, 1.82) is 0 Å². The molecular formula is C15H25N3O. The molecule has 19 heavy (non-hydrogen) atoms. The number of amides is 1. The van der Waals surface area contributed by atoms with Crippen LogP contribution in [0.4, 0.5) is 0 Å². The van der Waals surface area contributed by atoms with Crippen LogP contribution in [0.1, 0.15) is 38.3 Å². The second kappa shape index (κ2) is 7.92. The van der Waals surface area contributed by atoms with Gasteiger partial charge in [0.15, 0.2) is 0 Å². The zero-order valence-corrected chi connectivity index (χ0v) is 12.1. The Morgan fingerprint density at radius 3 is 2.47 bits per heavy atom. The molecule has 4 heteroatoms. The van der Waals surface area contributed by atoms with Crippen LogP contribution < -0.4 is 11.3 Å². The lowest BCUT2D eigenvalue weighted by Gasteiger charge is -2.27. The normalized spacial score (nSPS) is 11.1. The topological polar surface area (TPSA) is 58.4 Å². The molecule has 106 valence electrons. The standard InChI is InChI=1S/C15H25N3O/c1-4-9-18(12(2)3)11-14-8-6-5-7-13(14)10-15(19)17-16/h5-8,12H,4,9-11,16H2,1-3H3,(H,17,19). The van der Waals surface area contributed by atoms with E-state index in [0.717, 1.165) is 25.1 Å². The first-order valence-electron chi connectivity index (χ1n) is 6.88. The van der Waals surface area contributed by atoms with Crippen molar-refractivity contribution >= 4 is 5.91 Å². The predicted octanol–water partition coefficient (Wildman–Crippen LogP) is 1.84. The van der Waals surface area contributed by atoms with Gasteiger partial charge < -0.3 is 0 Å². The molecule has 0 bridgehead atoms. The van der Waals surface area contributed by atoms with Gasteiger partial charge in [0.25, 0.3) is 0 Å². The molecule has 0 heterocycles. The maximum absolute atomic E-state index is 11.4. The van der Waals surface area contributed by atoms with E-state index in [1.165, 1.54) is 5.56 Å². The number of carbonyl (C=O) groups excluding carboxylic acids is 1. The SMILES string of the molecule is CCCN(Cc1ccccc1CC(=O)NN)C(C)C. The second-order valence-corrected chi connectivity index (χ2v) is 5.08. The second-order valence-electron chi connectivity index (χ2n) is 5.08. The van der Waals surface area contributed by atoms with Crippen LogP contribution in [-0.4, -0.2) is 23.4 Å². The highest BCUT2D eigenvalue weighted by Gasteiger charge is 2.12. The fraction of sp³-hybridized carbons (Fsp3) is 0.533. The molecule has 0 unspecified atom stereocenters. The Morgan fingerprint density at radius 1 is 1.32 bits per heavy atom. The van der Waals surface area contributed by atoms with Gasteiger partial charge in [-0.1, -0.05) is 31.2 Å². The van der Waals surface area contributed by atoms with Crippen LogP contribution in [-0.2, 0) is 17.8 Å². The number of hydrazine groups is 1. The molecule has 0 aliphatic heterocycles. The fourth-order valence-corrected chi connectivity index (χ4v) is 2.13. The van der Waals surface area contributed by atoms with Crippen LogP contribution in [0, 0.1) is 0 Å². The molecule has 1 amide bonds. The smallest absolute Gasteiger partial charge is 0.238 e. The van der Waals surface area contributed by atoms with Gasteiger partial charge in [-0.3, -0.25) is 15.1 Å². The van der Waals surface area contributed by atoms with Crippen LogP contribution in [0.5, 0.6) is 0 Å². The average molecular weight is 263 g/mol. The third kappa shape index (κ3) is 5.01. The van der Waals surface area contributed by atoms with Crippen molar-refractivity contribution in [3.05, 3.63) is 35.4 Å². The van der Waals surface area contributed by atoms with Crippen molar-refractivity contribution < 1.29 is 4.79 Å². The number of nitrogens with one attached hydrogen (secondary N) is 1. The number of nitrogens with zero attached hydrogens (tertiary/aromatic N) is 1. The minimum absolute atomic E-state index is 0.154. The fourth-order valence-electron chi connectivity index (χ4n) is 2.13. The van der Waals surface area contributed by atoms with Gasteiger partial charge in [-0.2, -0.15) is 0 Å². The largest absolute Gasteiger partial charge is 0.297 e. The van der Waals surface area contributed by atoms with Gasteiger partial charge in [-0.15, -0.1) is 0 Å². The molecular weight excluding hydrogens is 238 g/mol. The summed E-state index contributed by atoms with van der Waals surface area (Å²) < 4.78 is 0. The summed E-state index contributed by atoms with van der Waals surface area (Å²) in [5.41, 5.74) is 4.44. The van der Waals surface area contributed by atoms with Gasteiger partial charge in [0.1, 0.15) is 0 Å². The molecule has 0 aliphatic rings. The molecule has 0 atom stereocenters. The molecule has 1 rings (SSSR count). The Bertz CT molecular complexity index is 404.